The van der Waals surface area contributed by atoms with E-state index >= 15 is 0 Å². The van der Waals surface area contributed by atoms with Crippen molar-refractivity contribution in [2.75, 3.05) is 27.2 Å². The minimum atomic E-state index is 0.230. The summed E-state index contributed by atoms with van der Waals surface area (Å²) in [4.78, 5) is 13.0. The Bertz CT molecular complexity index is 205. The fourth-order valence-corrected chi connectivity index (χ4v) is 2.10. The van der Waals surface area contributed by atoms with Gasteiger partial charge in [0.2, 0.25) is 5.91 Å². The van der Waals surface area contributed by atoms with Crippen molar-refractivity contribution in [3.05, 3.63) is 0 Å². The molecule has 0 aliphatic carbocycles. The Hall–Kier alpha value is -0.570. The van der Waals surface area contributed by atoms with Crippen LogP contribution in [0, 0.1) is 0 Å². The Morgan fingerprint density at radius 2 is 1.37 bits per heavy atom. The highest BCUT2D eigenvalue weighted by atomic mass is 16.2. The van der Waals surface area contributed by atoms with Crippen LogP contribution in [0.15, 0.2) is 0 Å². The Balaban J connectivity index is 3.05. The molecule has 0 saturated heterocycles. The van der Waals surface area contributed by atoms with Crippen molar-refractivity contribution in [2.24, 2.45) is 0 Å². The summed E-state index contributed by atoms with van der Waals surface area (Å²) in [5.74, 6) is 0.230. The van der Waals surface area contributed by atoms with Crippen molar-refractivity contribution in [3.8, 4) is 0 Å². The lowest BCUT2D eigenvalue weighted by Crippen LogP contribution is -2.23. The second kappa shape index (κ2) is 13.9. The predicted molar refractivity (Wildman–Crippen MR) is 83.4 cm³/mol. The number of nitrogens with one attached hydrogen (secondary N) is 1. The van der Waals surface area contributed by atoms with Crippen LogP contribution in [0.3, 0.4) is 0 Å². The molecule has 0 fully saturated rings. The van der Waals surface area contributed by atoms with Gasteiger partial charge in [-0.2, -0.15) is 0 Å². The van der Waals surface area contributed by atoms with E-state index in [9.17, 15) is 4.79 Å². The number of carbonyl (C=O) groups is 1. The molecule has 0 aliphatic rings. The lowest BCUT2D eigenvalue weighted by molar-refractivity contribution is -0.128. The zero-order valence-electron chi connectivity index (χ0n) is 13.3. The summed E-state index contributed by atoms with van der Waals surface area (Å²) in [5, 5.41) is 3.42. The van der Waals surface area contributed by atoms with Crippen molar-refractivity contribution in [1.82, 2.24) is 10.2 Å². The average molecular weight is 270 g/mol. The van der Waals surface area contributed by atoms with Crippen LogP contribution in [0.1, 0.15) is 71.1 Å². The normalized spacial score (nSPS) is 10.7. The standard InChI is InChI=1S/C16H34N2O/c1-4-5-6-7-8-9-10-11-14-17-15-12-13-16(19)18(2)3/h17H,4-15H2,1-3H3. The van der Waals surface area contributed by atoms with E-state index in [1.807, 2.05) is 14.1 Å². The summed E-state index contributed by atoms with van der Waals surface area (Å²) >= 11 is 0. The Morgan fingerprint density at radius 3 is 1.95 bits per heavy atom. The largest absolute Gasteiger partial charge is 0.349 e. The van der Waals surface area contributed by atoms with Gasteiger partial charge in [-0.1, -0.05) is 51.9 Å². The van der Waals surface area contributed by atoms with E-state index in [0.29, 0.717) is 6.42 Å². The first-order valence-corrected chi connectivity index (χ1v) is 8.09. The van der Waals surface area contributed by atoms with Crippen LogP contribution in [-0.2, 0) is 4.79 Å². The second-order valence-electron chi connectivity index (χ2n) is 5.62. The van der Waals surface area contributed by atoms with Gasteiger partial charge >= 0.3 is 0 Å². The lowest BCUT2D eigenvalue weighted by Gasteiger charge is -2.10. The van der Waals surface area contributed by atoms with Gasteiger partial charge in [0.05, 0.1) is 0 Å². The van der Waals surface area contributed by atoms with E-state index in [1.54, 1.807) is 4.90 Å². The summed E-state index contributed by atoms with van der Waals surface area (Å²) in [7, 11) is 3.63. The van der Waals surface area contributed by atoms with Gasteiger partial charge in [0.1, 0.15) is 0 Å². The first-order chi connectivity index (χ1) is 9.18. The van der Waals surface area contributed by atoms with Crippen molar-refractivity contribution in [2.45, 2.75) is 71.1 Å². The molecule has 0 aromatic carbocycles. The van der Waals surface area contributed by atoms with Gasteiger partial charge in [-0.05, 0) is 25.9 Å². The van der Waals surface area contributed by atoms with E-state index < -0.39 is 0 Å². The fraction of sp³-hybridized carbons (Fsp3) is 0.938. The van der Waals surface area contributed by atoms with Crippen LogP contribution in [0.25, 0.3) is 0 Å². The average Bonchev–Trinajstić information content (AvgIpc) is 2.39. The SMILES string of the molecule is CCCCCCCCCCNCCCC(=O)N(C)C. The number of carbonyl (C=O) groups excluding carboxylic acids is 1. The highest BCUT2D eigenvalue weighted by molar-refractivity contribution is 5.75. The van der Waals surface area contributed by atoms with Crippen molar-refractivity contribution >= 4 is 5.91 Å². The third-order valence-electron chi connectivity index (χ3n) is 3.45. The van der Waals surface area contributed by atoms with Crippen molar-refractivity contribution in [1.29, 1.82) is 0 Å². The molecule has 0 atom stereocenters. The first-order valence-electron chi connectivity index (χ1n) is 8.09. The molecule has 0 unspecified atom stereocenters. The summed E-state index contributed by atoms with van der Waals surface area (Å²) in [5.41, 5.74) is 0. The van der Waals surface area contributed by atoms with Crippen LogP contribution in [0.2, 0.25) is 0 Å². The van der Waals surface area contributed by atoms with Crippen LogP contribution < -0.4 is 5.32 Å². The summed E-state index contributed by atoms with van der Waals surface area (Å²) in [6.45, 7) is 4.33. The van der Waals surface area contributed by atoms with Gasteiger partial charge in [-0.25, -0.2) is 0 Å². The maximum absolute atomic E-state index is 11.3. The maximum Gasteiger partial charge on any atom is 0.222 e. The quantitative estimate of drug-likeness (QED) is 0.519. The molecule has 114 valence electrons. The zero-order valence-corrected chi connectivity index (χ0v) is 13.3. The van der Waals surface area contributed by atoms with Gasteiger partial charge in [0, 0.05) is 20.5 Å². The summed E-state index contributed by atoms with van der Waals surface area (Å²) in [6, 6.07) is 0. The highest BCUT2D eigenvalue weighted by Gasteiger charge is 2.01. The molecule has 0 heterocycles. The highest BCUT2D eigenvalue weighted by Crippen LogP contribution is 2.07. The Morgan fingerprint density at radius 1 is 0.842 bits per heavy atom. The van der Waals surface area contributed by atoms with E-state index in [1.165, 1.54) is 51.4 Å². The number of amides is 1. The first kappa shape index (κ1) is 18.4. The van der Waals surface area contributed by atoms with Crippen molar-refractivity contribution < 1.29 is 4.79 Å². The molecule has 0 radical (unpaired) electrons. The van der Waals surface area contributed by atoms with Gasteiger partial charge < -0.3 is 10.2 Å². The molecule has 1 amide bonds. The molecule has 0 bridgehead atoms. The number of rotatable bonds is 13. The summed E-state index contributed by atoms with van der Waals surface area (Å²) < 4.78 is 0. The summed E-state index contributed by atoms with van der Waals surface area (Å²) in [6.07, 6.45) is 12.6. The smallest absolute Gasteiger partial charge is 0.222 e. The second-order valence-corrected chi connectivity index (χ2v) is 5.62. The van der Waals surface area contributed by atoms with Crippen LogP contribution in [-0.4, -0.2) is 38.0 Å². The topological polar surface area (TPSA) is 32.3 Å². The van der Waals surface area contributed by atoms with Crippen molar-refractivity contribution in [3.63, 3.8) is 0 Å². The van der Waals surface area contributed by atoms with E-state index in [0.717, 1.165) is 19.5 Å². The van der Waals surface area contributed by atoms with Gasteiger partial charge in [-0.15, -0.1) is 0 Å². The van der Waals surface area contributed by atoms with Crippen LogP contribution in [0.4, 0.5) is 0 Å². The fourth-order valence-electron chi connectivity index (χ4n) is 2.10. The van der Waals surface area contributed by atoms with Gasteiger partial charge in [0.25, 0.3) is 0 Å². The Labute approximate surface area is 120 Å². The molecule has 0 rings (SSSR count). The number of hydrogen-bond donors (Lipinski definition) is 1. The number of unbranched alkanes of at least 4 members (excludes halogenated alkanes) is 7. The molecular formula is C16H34N2O. The van der Waals surface area contributed by atoms with Gasteiger partial charge in [-0.3, -0.25) is 4.79 Å². The third kappa shape index (κ3) is 13.7. The molecule has 0 aromatic heterocycles. The minimum absolute atomic E-state index is 0.230. The molecule has 0 aromatic rings. The van der Waals surface area contributed by atoms with E-state index in [2.05, 4.69) is 12.2 Å². The molecule has 0 aliphatic heterocycles. The monoisotopic (exact) mass is 270 g/mol. The molecule has 19 heavy (non-hydrogen) atoms. The predicted octanol–water partition coefficient (Wildman–Crippen LogP) is 3.59. The number of hydrogen-bond acceptors (Lipinski definition) is 2. The third-order valence-corrected chi connectivity index (χ3v) is 3.45. The number of nitrogens with zero attached hydrogens (tertiary/aromatic N) is 1. The Kier molecular flexibility index (Phi) is 13.4. The zero-order chi connectivity index (χ0) is 14.3. The minimum Gasteiger partial charge on any atom is -0.349 e. The molecular weight excluding hydrogens is 236 g/mol. The lowest BCUT2D eigenvalue weighted by atomic mass is 10.1. The van der Waals surface area contributed by atoms with Gasteiger partial charge in [0.15, 0.2) is 0 Å². The molecule has 3 nitrogen and oxygen atoms in total. The van der Waals surface area contributed by atoms with E-state index in [-0.39, 0.29) is 5.91 Å². The molecule has 0 saturated carbocycles. The molecule has 1 N–H and O–H groups in total. The molecule has 3 heteroatoms. The van der Waals surface area contributed by atoms with Crippen LogP contribution >= 0.6 is 0 Å². The van der Waals surface area contributed by atoms with E-state index in [4.69, 9.17) is 0 Å². The maximum atomic E-state index is 11.3. The van der Waals surface area contributed by atoms with Crippen LogP contribution in [0.5, 0.6) is 0 Å². The molecule has 0 spiro atoms.